The molecule has 150 valence electrons. The molecule has 0 aromatic carbocycles. The van der Waals surface area contributed by atoms with Gasteiger partial charge in [-0.15, -0.1) is 0 Å². The van der Waals surface area contributed by atoms with E-state index in [0.29, 0.717) is 65.1 Å². The first kappa shape index (κ1) is 24.3. The van der Waals surface area contributed by atoms with Gasteiger partial charge in [0.25, 0.3) is 0 Å². The Morgan fingerprint density at radius 2 is 1.20 bits per heavy atom. The highest BCUT2D eigenvalue weighted by molar-refractivity contribution is 5.75. The number of hydrogen-bond acceptors (Lipinski definition) is 5. The maximum atomic E-state index is 11.4. The Morgan fingerprint density at radius 1 is 0.720 bits per heavy atom. The maximum Gasteiger partial charge on any atom is 0.222 e. The van der Waals surface area contributed by atoms with E-state index in [1.165, 1.54) is 6.42 Å². The van der Waals surface area contributed by atoms with Crippen LogP contribution in [0.15, 0.2) is 0 Å². The Balaban J connectivity index is 3.10. The van der Waals surface area contributed by atoms with Gasteiger partial charge < -0.3 is 24.3 Å². The molecule has 6 heteroatoms. The number of amides is 1. The van der Waals surface area contributed by atoms with Crippen LogP contribution in [0.3, 0.4) is 0 Å². The lowest BCUT2D eigenvalue weighted by atomic mass is 10.1. The van der Waals surface area contributed by atoms with Crippen LogP contribution < -0.4 is 5.32 Å². The quantitative estimate of drug-likeness (QED) is 0.380. The first-order valence-electron chi connectivity index (χ1n) is 9.60. The Labute approximate surface area is 153 Å². The Kier molecular flexibility index (Phi) is 17.6. The molecule has 0 rings (SSSR count). The van der Waals surface area contributed by atoms with Crippen LogP contribution in [0.5, 0.6) is 0 Å². The summed E-state index contributed by atoms with van der Waals surface area (Å²) in [5, 5.41) is 2.86. The molecular weight excluding hydrogens is 322 g/mol. The SMILES string of the molecule is CC(C)CCCOCCOCCOCCOCCC(=O)NCC(C)C. The standard InChI is InChI=1S/C19H39NO5/c1-17(2)6-5-8-22-10-12-24-14-15-25-13-11-23-9-7-19(21)20-16-18(3)4/h17-18H,5-16H2,1-4H3,(H,20,21). The molecule has 25 heavy (non-hydrogen) atoms. The smallest absolute Gasteiger partial charge is 0.222 e. The molecule has 0 saturated heterocycles. The van der Waals surface area contributed by atoms with Gasteiger partial charge in [-0.25, -0.2) is 0 Å². The minimum atomic E-state index is 0.0365. The summed E-state index contributed by atoms with van der Waals surface area (Å²) < 4.78 is 21.7. The number of carbonyl (C=O) groups excluding carboxylic acids is 1. The zero-order chi connectivity index (χ0) is 18.8. The molecule has 0 radical (unpaired) electrons. The van der Waals surface area contributed by atoms with Crippen LogP contribution in [0.4, 0.5) is 0 Å². The Morgan fingerprint density at radius 3 is 1.68 bits per heavy atom. The van der Waals surface area contributed by atoms with Crippen molar-refractivity contribution in [3.8, 4) is 0 Å². The van der Waals surface area contributed by atoms with Gasteiger partial charge in [-0.2, -0.15) is 0 Å². The fourth-order valence-electron chi connectivity index (χ4n) is 1.93. The highest BCUT2D eigenvalue weighted by Gasteiger charge is 2.02. The lowest BCUT2D eigenvalue weighted by Gasteiger charge is -2.09. The number of carbonyl (C=O) groups is 1. The summed E-state index contributed by atoms with van der Waals surface area (Å²) in [5.41, 5.74) is 0. The van der Waals surface area contributed by atoms with Gasteiger partial charge in [-0.05, 0) is 24.7 Å². The third-order valence-electron chi connectivity index (χ3n) is 3.37. The number of rotatable bonds is 18. The first-order valence-corrected chi connectivity index (χ1v) is 9.60. The van der Waals surface area contributed by atoms with Crippen LogP contribution in [0, 0.1) is 11.8 Å². The van der Waals surface area contributed by atoms with Gasteiger partial charge in [0.05, 0.1) is 46.2 Å². The van der Waals surface area contributed by atoms with Crippen LogP contribution in [-0.2, 0) is 23.7 Å². The topological polar surface area (TPSA) is 66.0 Å². The molecule has 0 spiro atoms. The summed E-state index contributed by atoms with van der Waals surface area (Å²) >= 11 is 0. The highest BCUT2D eigenvalue weighted by Crippen LogP contribution is 2.02. The molecule has 0 atom stereocenters. The Hall–Kier alpha value is -0.690. The van der Waals surface area contributed by atoms with Gasteiger partial charge in [0.2, 0.25) is 5.91 Å². The molecule has 6 nitrogen and oxygen atoms in total. The average molecular weight is 362 g/mol. The van der Waals surface area contributed by atoms with E-state index in [0.717, 1.165) is 18.9 Å². The monoisotopic (exact) mass is 361 g/mol. The highest BCUT2D eigenvalue weighted by atomic mass is 16.6. The molecule has 1 amide bonds. The van der Waals surface area contributed by atoms with Crippen molar-refractivity contribution in [1.82, 2.24) is 5.32 Å². The third kappa shape index (κ3) is 21.3. The van der Waals surface area contributed by atoms with Crippen molar-refractivity contribution < 1.29 is 23.7 Å². The van der Waals surface area contributed by atoms with Crippen molar-refractivity contribution in [1.29, 1.82) is 0 Å². The van der Waals surface area contributed by atoms with E-state index in [1.54, 1.807) is 0 Å². The summed E-state index contributed by atoms with van der Waals surface area (Å²) in [5.74, 6) is 1.24. The summed E-state index contributed by atoms with van der Waals surface area (Å²) in [6, 6.07) is 0. The molecule has 0 heterocycles. The summed E-state index contributed by atoms with van der Waals surface area (Å²) in [6.45, 7) is 13.9. The van der Waals surface area contributed by atoms with E-state index in [1.807, 2.05) is 0 Å². The minimum absolute atomic E-state index is 0.0365. The molecule has 0 aliphatic carbocycles. The van der Waals surface area contributed by atoms with Crippen molar-refractivity contribution in [2.75, 3.05) is 59.4 Å². The van der Waals surface area contributed by atoms with Crippen molar-refractivity contribution >= 4 is 5.91 Å². The first-order chi connectivity index (χ1) is 12.0. The Bertz CT molecular complexity index is 298. The fraction of sp³-hybridized carbons (Fsp3) is 0.947. The fourth-order valence-corrected chi connectivity index (χ4v) is 1.93. The van der Waals surface area contributed by atoms with Gasteiger partial charge in [0, 0.05) is 19.6 Å². The second kappa shape index (κ2) is 18.1. The second-order valence-electron chi connectivity index (χ2n) is 6.93. The van der Waals surface area contributed by atoms with Gasteiger partial charge in [0.15, 0.2) is 0 Å². The number of hydrogen-bond donors (Lipinski definition) is 1. The van der Waals surface area contributed by atoms with E-state index in [2.05, 4.69) is 33.0 Å². The largest absolute Gasteiger partial charge is 0.379 e. The van der Waals surface area contributed by atoms with Crippen LogP contribution in [0.2, 0.25) is 0 Å². The van der Waals surface area contributed by atoms with E-state index in [9.17, 15) is 4.79 Å². The van der Waals surface area contributed by atoms with Crippen LogP contribution >= 0.6 is 0 Å². The molecule has 0 aliphatic heterocycles. The minimum Gasteiger partial charge on any atom is -0.379 e. The van der Waals surface area contributed by atoms with Crippen molar-refractivity contribution in [3.63, 3.8) is 0 Å². The maximum absolute atomic E-state index is 11.4. The lowest BCUT2D eigenvalue weighted by molar-refractivity contribution is -0.122. The van der Waals surface area contributed by atoms with E-state index < -0.39 is 0 Å². The van der Waals surface area contributed by atoms with E-state index >= 15 is 0 Å². The molecule has 1 N–H and O–H groups in total. The van der Waals surface area contributed by atoms with Gasteiger partial charge in [-0.1, -0.05) is 27.7 Å². The second-order valence-corrected chi connectivity index (χ2v) is 6.93. The van der Waals surface area contributed by atoms with Gasteiger partial charge in [0.1, 0.15) is 0 Å². The molecule has 0 unspecified atom stereocenters. The molecule has 0 aromatic heterocycles. The molecule has 0 aromatic rings. The predicted molar refractivity (Wildman–Crippen MR) is 99.8 cm³/mol. The van der Waals surface area contributed by atoms with Crippen LogP contribution in [0.25, 0.3) is 0 Å². The van der Waals surface area contributed by atoms with Crippen molar-refractivity contribution in [3.05, 3.63) is 0 Å². The molecule has 0 aliphatic rings. The summed E-state index contributed by atoms with van der Waals surface area (Å²) in [6.07, 6.45) is 2.71. The van der Waals surface area contributed by atoms with Crippen LogP contribution in [0.1, 0.15) is 47.0 Å². The summed E-state index contributed by atoms with van der Waals surface area (Å²) in [4.78, 5) is 11.4. The zero-order valence-electron chi connectivity index (χ0n) is 16.7. The molecule has 0 saturated carbocycles. The number of ether oxygens (including phenoxy) is 4. The normalized spacial score (nSPS) is 11.4. The predicted octanol–water partition coefficient (Wildman–Crippen LogP) is 2.65. The lowest BCUT2D eigenvalue weighted by Crippen LogP contribution is -2.28. The number of nitrogens with one attached hydrogen (secondary N) is 1. The molecular formula is C19H39NO5. The third-order valence-corrected chi connectivity index (χ3v) is 3.37. The van der Waals surface area contributed by atoms with Gasteiger partial charge in [-0.3, -0.25) is 4.79 Å². The average Bonchev–Trinajstić information content (AvgIpc) is 2.56. The molecule has 0 bridgehead atoms. The molecule has 0 fully saturated rings. The van der Waals surface area contributed by atoms with Crippen molar-refractivity contribution in [2.24, 2.45) is 11.8 Å². The summed E-state index contributed by atoms with van der Waals surface area (Å²) in [7, 11) is 0. The van der Waals surface area contributed by atoms with Gasteiger partial charge >= 0.3 is 0 Å². The van der Waals surface area contributed by atoms with E-state index in [-0.39, 0.29) is 5.91 Å². The van der Waals surface area contributed by atoms with Crippen LogP contribution in [-0.4, -0.2) is 65.3 Å². The van der Waals surface area contributed by atoms with Crippen molar-refractivity contribution in [2.45, 2.75) is 47.0 Å². The zero-order valence-corrected chi connectivity index (χ0v) is 16.7. The van der Waals surface area contributed by atoms with E-state index in [4.69, 9.17) is 18.9 Å².